The number of aliphatic hydroxyl groups is 1. The first-order chi connectivity index (χ1) is 14.3. The first-order valence-electron chi connectivity index (χ1n) is 10.5. The van der Waals surface area contributed by atoms with Gasteiger partial charge < -0.3 is 19.0 Å². The van der Waals surface area contributed by atoms with Crippen LogP contribution in [0.5, 0.6) is 11.5 Å². The van der Waals surface area contributed by atoms with E-state index in [0.717, 1.165) is 27.8 Å². The number of rotatable bonds is 1. The molecule has 2 aliphatic heterocycles. The van der Waals surface area contributed by atoms with E-state index in [1.54, 1.807) is 0 Å². The zero-order chi connectivity index (χ0) is 20.9. The average molecular weight is 404 g/mol. The fourth-order valence-electron chi connectivity index (χ4n) is 5.31. The van der Waals surface area contributed by atoms with Crippen LogP contribution in [-0.4, -0.2) is 17.3 Å². The van der Waals surface area contributed by atoms with Crippen LogP contribution in [0.1, 0.15) is 50.8 Å². The van der Waals surface area contributed by atoms with Gasteiger partial charge in [0, 0.05) is 34.4 Å². The summed E-state index contributed by atoms with van der Waals surface area (Å²) in [6.45, 7) is 8.30. The lowest BCUT2D eigenvalue weighted by atomic mass is 9.84. The zero-order valence-corrected chi connectivity index (χ0v) is 17.4. The molecule has 0 saturated heterocycles. The summed E-state index contributed by atoms with van der Waals surface area (Å²) in [5.74, 6) is 1.44. The van der Waals surface area contributed by atoms with Gasteiger partial charge in [0.05, 0.1) is 17.1 Å². The van der Waals surface area contributed by atoms with E-state index >= 15 is 0 Å². The van der Waals surface area contributed by atoms with Gasteiger partial charge in [0.25, 0.3) is 0 Å². The molecule has 1 aliphatic carbocycles. The quantitative estimate of drug-likeness (QED) is 0.591. The molecule has 0 unspecified atom stereocenters. The van der Waals surface area contributed by atoms with Crippen LogP contribution in [0.25, 0.3) is 22.1 Å². The Morgan fingerprint density at radius 3 is 2.47 bits per heavy atom. The van der Waals surface area contributed by atoms with Crippen LogP contribution in [0, 0.1) is 11.3 Å². The second kappa shape index (κ2) is 5.67. The highest BCUT2D eigenvalue weighted by molar-refractivity contribution is 6.03. The summed E-state index contributed by atoms with van der Waals surface area (Å²) in [6.07, 6.45) is -0.876. The highest BCUT2D eigenvalue weighted by Gasteiger charge is 2.67. The van der Waals surface area contributed by atoms with Gasteiger partial charge in [-0.3, -0.25) is 0 Å². The van der Waals surface area contributed by atoms with E-state index in [9.17, 15) is 9.90 Å². The van der Waals surface area contributed by atoms with E-state index in [-0.39, 0.29) is 29.5 Å². The van der Waals surface area contributed by atoms with Gasteiger partial charge in [-0.15, -0.1) is 0 Å². The molecule has 0 amide bonds. The Bertz CT molecular complexity index is 1260. The number of ether oxygens (including phenoxy) is 2. The summed E-state index contributed by atoms with van der Waals surface area (Å²) in [4.78, 5) is 12.6. The lowest BCUT2D eigenvalue weighted by Gasteiger charge is -2.35. The summed E-state index contributed by atoms with van der Waals surface area (Å²) in [6, 6.07) is 11.3. The largest absolute Gasteiger partial charge is 0.489 e. The third-order valence-corrected chi connectivity index (χ3v) is 7.37. The van der Waals surface area contributed by atoms with Crippen molar-refractivity contribution < 1.29 is 19.0 Å². The normalized spacial score (nSPS) is 30.1. The summed E-state index contributed by atoms with van der Waals surface area (Å²) in [5.41, 5.74) is 3.20. The van der Waals surface area contributed by atoms with Crippen molar-refractivity contribution >= 4 is 11.0 Å². The Labute approximate surface area is 174 Å². The fraction of sp³-hybridized carbons (Fsp3) is 0.400. The fourth-order valence-corrected chi connectivity index (χ4v) is 5.31. The number of hydrogen-bond donors (Lipinski definition) is 1. The standard InChI is InChI=1S/C25H24O5/c1-11-12(2)28-23-17-19-24(25(19,3)4)30-21(17)16-14(13-8-6-5-7-9-13)10-15(26)29-22(16)18(23)20(11)27/h5-12,19-20,24,27H,1-4H3/t11-,12+,19-,20-,24+/m0/s1. The molecule has 5 nitrogen and oxygen atoms in total. The number of fused-ring (bicyclic) bond motifs is 8. The summed E-state index contributed by atoms with van der Waals surface area (Å²) >= 11 is 0. The van der Waals surface area contributed by atoms with Crippen LogP contribution in [0.3, 0.4) is 0 Å². The van der Waals surface area contributed by atoms with Gasteiger partial charge >= 0.3 is 5.63 Å². The molecule has 2 aromatic carbocycles. The minimum atomic E-state index is -0.786. The van der Waals surface area contributed by atoms with Gasteiger partial charge in [-0.05, 0) is 12.5 Å². The van der Waals surface area contributed by atoms with E-state index in [1.165, 1.54) is 6.07 Å². The Morgan fingerprint density at radius 2 is 1.73 bits per heavy atom. The third kappa shape index (κ3) is 2.13. The molecule has 3 aromatic rings. The lowest BCUT2D eigenvalue weighted by Crippen LogP contribution is -2.33. The summed E-state index contributed by atoms with van der Waals surface area (Å²) in [5, 5.41) is 12.0. The predicted molar refractivity (Wildman–Crippen MR) is 113 cm³/mol. The summed E-state index contributed by atoms with van der Waals surface area (Å²) in [7, 11) is 0. The van der Waals surface area contributed by atoms with Crippen LogP contribution < -0.4 is 15.1 Å². The van der Waals surface area contributed by atoms with Gasteiger partial charge in [0.15, 0.2) is 5.58 Å². The van der Waals surface area contributed by atoms with Gasteiger partial charge in [0.2, 0.25) is 0 Å². The molecule has 154 valence electrons. The smallest absolute Gasteiger partial charge is 0.336 e. The van der Waals surface area contributed by atoms with Gasteiger partial charge in [-0.25, -0.2) is 4.79 Å². The Kier molecular flexibility index (Phi) is 3.40. The molecule has 0 radical (unpaired) electrons. The first kappa shape index (κ1) is 18.0. The molecule has 1 fully saturated rings. The monoisotopic (exact) mass is 404 g/mol. The van der Waals surface area contributed by atoms with Crippen LogP contribution in [-0.2, 0) is 0 Å². The van der Waals surface area contributed by atoms with Crippen molar-refractivity contribution in [3.63, 3.8) is 0 Å². The van der Waals surface area contributed by atoms with E-state index in [4.69, 9.17) is 13.9 Å². The highest BCUT2D eigenvalue weighted by Crippen LogP contribution is 2.71. The molecule has 1 saturated carbocycles. The van der Waals surface area contributed by atoms with Crippen molar-refractivity contribution in [1.29, 1.82) is 0 Å². The number of hydrogen-bond acceptors (Lipinski definition) is 5. The Hall–Kier alpha value is -2.79. The molecule has 1 aromatic heterocycles. The van der Waals surface area contributed by atoms with Crippen molar-refractivity contribution in [3.8, 4) is 22.6 Å². The van der Waals surface area contributed by atoms with Crippen molar-refractivity contribution in [3.05, 3.63) is 57.9 Å². The molecule has 3 aliphatic rings. The van der Waals surface area contributed by atoms with Gasteiger partial charge in [0.1, 0.15) is 23.7 Å². The Balaban J connectivity index is 1.77. The topological polar surface area (TPSA) is 68.9 Å². The van der Waals surface area contributed by atoms with Crippen molar-refractivity contribution in [1.82, 2.24) is 0 Å². The van der Waals surface area contributed by atoms with Crippen LogP contribution >= 0.6 is 0 Å². The molecule has 1 N–H and O–H groups in total. The minimum Gasteiger partial charge on any atom is -0.489 e. The Morgan fingerprint density at radius 1 is 1.00 bits per heavy atom. The molecule has 0 bridgehead atoms. The maximum Gasteiger partial charge on any atom is 0.336 e. The molecular weight excluding hydrogens is 380 g/mol. The predicted octanol–water partition coefficient (Wildman–Crippen LogP) is 4.79. The van der Waals surface area contributed by atoms with Gasteiger partial charge in [-0.2, -0.15) is 0 Å². The maximum atomic E-state index is 12.6. The molecular formula is C25H24O5. The SMILES string of the molecule is C[C@@H]1[C@H](O)c2c(c3c(c4c(-c5ccccc5)cc(=O)oc24)O[C@@H]2[C@H]3C2(C)C)O[C@@H]1C. The minimum absolute atomic E-state index is 0.0115. The maximum absolute atomic E-state index is 12.6. The van der Waals surface area contributed by atoms with Crippen molar-refractivity contribution in [2.45, 2.75) is 51.9 Å². The third-order valence-electron chi connectivity index (χ3n) is 7.37. The van der Waals surface area contributed by atoms with Crippen LogP contribution in [0.2, 0.25) is 0 Å². The molecule has 30 heavy (non-hydrogen) atoms. The van der Waals surface area contributed by atoms with E-state index in [1.807, 2.05) is 44.2 Å². The van der Waals surface area contributed by atoms with E-state index < -0.39 is 11.7 Å². The first-order valence-corrected chi connectivity index (χ1v) is 10.5. The molecule has 0 spiro atoms. The molecule has 3 heterocycles. The zero-order valence-electron chi connectivity index (χ0n) is 17.4. The number of benzene rings is 2. The van der Waals surface area contributed by atoms with Crippen LogP contribution in [0.15, 0.2) is 45.6 Å². The average Bonchev–Trinajstić information content (AvgIpc) is 3.06. The van der Waals surface area contributed by atoms with Crippen LogP contribution in [0.4, 0.5) is 0 Å². The molecule has 6 rings (SSSR count). The summed E-state index contributed by atoms with van der Waals surface area (Å²) < 4.78 is 18.5. The molecule has 5 atom stereocenters. The van der Waals surface area contributed by atoms with Crippen molar-refractivity contribution in [2.24, 2.45) is 11.3 Å². The van der Waals surface area contributed by atoms with Gasteiger partial charge in [-0.1, -0.05) is 51.1 Å². The number of aliphatic hydroxyl groups excluding tert-OH is 1. The van der Waals surface area contributed by atoms with E-state index in [2.05, 4.69) is 13.8 Å². The molecule has 5 heteroatoms. The highest BCUT2D eigenvalue weighted by atomic mass is 16.5. The van der Waals surface area contributed by atoms with Crippen molar-refractivity contribution in [2.75, 3.05) is 0 Å². The van der Waals surface area contributed by atoms with E-state index in [0.29, 0.717) is 16.9 Å². The second-order valence-corrected chi connectivity index (χ2v) is 9.50. The lowest BCUT2D eigenvalue weighted by molar-refractivity contribution is 0.0171. The second-order valence-electron chi connectivity index (χ2n) is 9.50.